The monoisotopic (exact) mass is 314 g/mol. The van der Waals surface area contributed by atoms with Gasteiger partial charge in [-0.25, -0.2) is 4.98 Å². The number of unbranched alkanes of at least 4 members (excludes halogenated alkanes) is 3. The molecule has 0 radical (unpaired) electrons. The molecule has 1 heterocycles. The van der Waals surface area contributed by atoms with Crippen LogP contribution in [0.2, 0.25) is 5.02 Å². The van der Waals surface area contributed by atoms with E-state index in [1.165, 1.54) is 31.4 Å². The number of aromatic nitrogens is 1. The van der Waals surface area contributed by atoms with Crippen molar-refractivity contribution >= 4 is 50.0 Å². The number of thioether (sulfide) groups is 1. The maximum Gasteiger partial charge on any atom is 0.183 e. The average Bonchev–Trinajstić information content (AvgIpc) is 2.79. The molecule has 0 unspecified atom stereocenters. The lowest BCUT2D eigenvalue weighted by molar-refractivity contribution is 0.689. The van der Waals surface area contributed by atoms with Crippen molar-refractivity contribution in [3.63, 3.8) is 0 Å². The predicted octanol–water partition coefficient (Wildman–Crippen LogP) is 5.29. The standard InChI is InChI=1S/C14H19ClN2S2/c1-18-9-5-3-2-4-8-16-14-17-12-7-6-11(15)10-13(12)19-14/h6-7,10H,2-5,8-9H2,1H3,(H,16,17). The van der Waals surface area contributed by atoms with Crippen molar-refractivity contribution < 1.29 is 0 Å². The number of fused-ring (bicyclic) bond motifs is 1. The first-order valence-electron chi connectivity index (χ1n) is 6.58. The van der Waals surface area contributed by atoms with E-state index in [1.54, 1.807) is 11.3 Å². The Labute approximate surface area is 128 Å². The average molecular weight is 315 g/mol. The molecule has 0 saturated carbocycles. The second-order valence-electron chi connectivity index (χ2n) is 4.46. The molecular formula is C14H19ClN2S2. The number of hydrogen-bond acceptors (Lipinski definition) is 4. The summed E-state index contributed by atoms with van der Waals surface area (Å²) in [5.41, 5.74) is 1.02. The Balaban J connectivity index is 1.72. The van der Waals surface area contributed by atoms with E-state index < -0.39 is 0 Å². The van der Waals surface area contributed by atoms with Crippen LogP contribution in [-0.4, -0.2) is 23.5 Å². The van der Waals surface area contributed by atoms with Gasteiger partial charge in [0, 0.05) is 11.6 Å². The van der Waals surface area contributed by atoms with Gasteiger partial charge in [0.2, 0.25) is 0 Å². The Hall–Kier alpha value is -0.450. The summed E-state index contributed by atoms with van der Waals surface area (Å²) in [6.45, 7) is 1.01. The van der Waals surface area contributed by atoms with Crippen LogP contribution in [0.4, 0.5) is 5.13 Å². The van der Waals surface area contributed by atoms with Crippen LogP contribution in [0.1, 0.15) is 25.7 Å². The van der Waals surface area contributed by atoms with Crippen LogP contribution in [0.3, 0.4) is 0 Å². The van der Waals surface area contributed by atoms with E-state index >= 15 is 0 Å². The molecule has 0 atom stereocenters. The number of anilines is 1. The summed E-state index contributed by atoms with van der Waals surface area (Å²) in [6.07, 6.45) is 7.34. The van der Waals surface area contributed by atoms with Gasteiger partial charge in [0.25, 0.3) is 0 Å². The lowest BCUT2D eigenvalue weighted by Gasteiger charge is -2.02. The smallest absolute Gasteiger partial charge is 0.183 e. The third-order valence-electron chi connectivity index (χ3n) is 2.90. The first kappa shape index (κ1) is 14.9. The van der Waals surface area contributed by atoms with Gasteiger partial charge in [0.15, 0.2) is 5.13 Å². The number of benzene rings is 1. The van der Waals surface area contributed by atoms with E-state index in [-0.39, 0.29) is 0 Å². The Morgan fingerprint density at radius 1 is 1.26 bits per heavy atom. The molecule has 2 aromatic rings. The van der Waals surface area contributed by atoms with Crippen molar-refractivity contribution in [2.75, 3.05) is 23.9 Å². The van der Waals surface area contributed by atoms with Gasteiger partial charge in [0.05, 0.1) is 10.2 Å². The minimum atomic E-state index is 0.775. The normalized spacial score (nSPS) is 11.1. The van der Waals surface area contributed by atoms with E-state index in [0.29, 0.717) is 0 Å². The first-order valence-corrected chi connectivity index (χ1v) is 9.17. The predicted molar refractivity (Wildman–Crippen MR) is 90.0 cm³/mol. The molecule has 0 fully saturated rings. The number of nitrogens with one attached hydrogen (secondary N) is 1. The third-order valence-corrected chi connectivity index (χ3v) is 4.81. The summed E-state index contributed by atoms with van der Waals surface area (Å²) in [7, 11) is 0. The highest BCUT2D eigenvalue weighted by atomic mass is 35.5. The summed E-state index contributed by atoms with van der Waals surface area (Å²) in [5.74, 6) is 1.28. The van der Waals surface area contributed by atoms with Gasteiger partial charge in [-0.2, -0.15) is 11.8 Å². The summed E-state index contributed by atoms with van der Waals surface area (Å²) in [5, 5.41) is 5.18. The molecule has 0 aliphatic carbocycles. The van der Waals surface area contributed by atoms with Crippen LogP contribution in [-0.2, 0) is 0 Å². The van der Waals surface area contributed by atoms with Crippen LogP contribution in [0.15, 0.2) is 18.2 Å². The van der Waals surface area contributed by atoms with Crippen molar-refractivity contribution in [1.82, 2.24) is 4.98 Å². The van der Waals surface area contributed by atoms with E-state index in [4.69, 9.17) is 11.6 Å². The SMILES string of the molecule is CSCCCCCCNc1nc2ccc(Cl)cc2s1. The molecule has 104 valence electrons. The Kier molecular flexibility index (Phi) is 6.28. The third kappa shape index (κ3) is 4.86. The molecule has 0 aliphatic heterocycles. The molecule has 2 rings (SSSR count). The molecule has 5 heteroatoms. The fourth-order valence-electron chi connectivity index (χ4n) is 1.89. The molecule has 2 nitrogen and oxygen atoms in total. The summed E-state index contributed by atoms with van der Waals surface area (Å²) >= 11 is 9.58. The number of hydrogen-bond donors (Lipinski definition) is 1. The van der Waals surface area contributed by atoms with Gasteiger partial charge in [-0.15, -0.1) is 0 Å². The number of nitrogens with zero attached hydrogens (tertiary/aromatic N) is 1. The van der Waals surface area contributed by atoms with Gasteiger partial charge in [-0.1, -0.05) is 35.8 Å². The summed E-state index contributed by atoms with van der Waals surface area (Å²) in [4.78, 5) is 4.55. The zero-order chi connectivity index (χ0) is 13.5. The molecule has 0 aliphatic rings. The van der Waals surface area contributed by atoms with Crippen molar-refractivity contribution in [2.24, 2.45) is 0 Å². The minimum Gasteiger partial charge on any atom is -0.361 e. The zero-order valence-electron chi connectivity index (χ0n) is 11.1. The Bertz CT molecular complexity index is 513. The topological polar surface area (TPSA) is 24.9 Å². The van der Waals surface area contributed by atoms with Crippen molar-refractivity contribution in [1.29, 1.82) is 0 Å². The summed E-state index contributed by atoms with van der Waals surface area (Å²) < 4.78 is 1.15. The van der Waals surface area contributed by atoms with Crippen molar-refractivity contribution in [3.05, 3.63) is 23.2 Å². The van der Waals surface area contributed by atoms with E-state index in [9.17, 15) is 0 Å². The molecule has 1 aromatic heterocycles. The second kappa shape index (κ2) is 7.98. The molecule has 1 aromatic carbocycles. The number of halogens is 1. The van der Waals surface area contributed by atoms with E-state index in [1.807, 2.05) is 30.0 Å². The van der Waals surface area contributed by atoms with Crippen LogP contribution < -0.4 is 5.32 Å². The zero-order valence-corrected chi connectivity index (χ0v) is 13.5. The highest BCUT2D eigenvalue weighted by Gasteiger charge is 2.03. The largest absolute Gasteiger partial charge is 0.361 e. The van der Waals surface area contributed by atoms with Gasteiger partial charge in [0.1, 0.15) is 0 Å². The Morgan fingerprint density at radius 3 is 2.95 bits per heavy atom. The molecule has 19 heavy (non-hydrogen) atoms. The molecule has 0 amide bonds. The minimum absolute atomic E-state index is 0.775. The van der Waals surface area contributed by atoms with Gasteiger partial charge >= 0.3 is 0 Å². The lowest BCUT2D eigenvalue weighted by atomic mass is 10.2. The fourth-order valence-corrected chi connectivity index (χ4v) is 3.55. The van der Waals surface area contributed by atoms with Gasteiger partial charge in [-0.05, 0) is 43.0 Å². The molecule has 1 N–H and O–H groups in total. The van der Waals surface area contributed by atoms with Crippen LogP contribution in [0.25, 0.3) is 10.2 Å². The van der Waals surface area contributed by atoms with Crippen LogP contribution in [0, 0.1) is 0 Å². The quantitative estimate of drug-likeness (QED) is 0.670. The number of rotatable bonds is 8. The number of thiazole rings is 1. The van der Waals surface area contributed by atoms with Crippen LogP contribution >= 0.6 is 34.7 Å². The van der Waals surface area contributed by atoms with Gasteiger partial charge in [-0.3, -0.25) is 0 Å². The van der Waals surface area contributed by atoms with Crippen molar-refractivity contribution in [3.8, 4) is 0 Å². The van der Waals surface area contributed by atoms with E-state index in [2.05, 4.69) is 16.6 Å². The molecule has 0 bridgehead atoms. The maximum atomic E-state index is 5.97. The lowest BCUT2D eigenvalue weighted by Crippen LogP contribution is -2.00. The highest BCUT2D eigenvalue weighted by Crippen LogP contribution is 2.28. The van der Waals surface area contributed by atoms with Gasteiger partial charge < -0.3 is 5.32 Å². The van der Waals surface area contributed by atoms with Crippen molar-refractivity contribution in [2.45, 2.75) is 25.7 Å². The Morgan fingerprint density at radius 2 is 2.11 bits per heavy atom. The highest BCUT2D eigenvalue weighted by molar-refractivity contribution is 7.98. The van der Waals surface area contributed by atoms with E-state index in [0.717, 1.165) is 26.9 Å². The first-order chi connectivity index (χ1) is 9.29. The molecular weight excluding hydrogens is 296 g/mol. The summed E-state index contributed by atoms with van der Waals surface area (Å²) in [6, 6.07) is 5.84. The fraction of sp³-hybridized carbons (Fsp3) is 0.500. The maximum absolute atomic E-state index is 5.97. The van der Waals surface area contributed by atoms with Crippen LogP contribution in [0.5, 0.6) is 0 Å². The molecule has 0 saturated heterocycles. The molecule has 0 spiro atoms. The second-order valence-corrected chi connectivity index (χ2v) is 6.92.